The average molecular weight is 328 g/mol. The summed E-state index contributed by atoms with van der Waals surface area (Å²) >= 11 is 0. The van der Waals surface area contributed by atoms with Crippen LogP contribution in [-0.4, -0.2) is 37.0 Å². The van der Waals surface area contributed by atoms with E-state index in [2.05, 4.69) is 5.32 Å². The summed E-state index contributed by atoms with van der Waals surface area (Å²) in [6, 6.07) is 3.83. The summed E-state index contributed by atoms with van der Waals surface area (Å²) in [5, 5.41) is 3.21. The van der Waals surface area contributed by atoms with Crippen LogP contribution in [0.2, 0.25) is 0 Å². The molecule has 1 heterocycles. The number of benzene rings is 1. The maximum Gasteiger partial charge on any atom is 0.416 e. The van der Waals surface area contributed by atoms with Gasteiger partial charge in [0.25, 0.3) is 5.91 Å². The van der Waals surface area contributed by atoms with Gasteiger partial charge in [-0.3, -0.25) is 4.79 Å². The molecule has 2 rings (SSSR count). The molecular formula is C17H23F3N2O. The van der Waals surface area contributed by atoms with Crippen LogP contribution in [0, 0.1) is 0 Å². The zero-order chi connectivity index (χ0) is 17.0. The summed E-state index contributed by atoms with van der Waals surface area (Å²) in [7, 11) is 0. The van der Waals surface area contributed by atoms with Crippen LogP contribution in [0.15, 0.2) is 18.2 Å². The van der Waals surface area contributed by atoms with Crippen molar-refractivity contribution in [1.29, 1.82) is 0 Å². The minimum Gasteiger partial charge on any atom is -0.339 e. The van der Waals surface area contributed by atoms with Gasteiger partial charge in [-0.25, -0.2) is 0 Å². The molecule has 23 heavy (non-hydrogen) atoms. The Morgan fingerprint density at radius 1 is 1.17 bits per heavy atom. The molecule has 0 atom stereocenters. The number of amides is 1. The lowest BCUT2D eigenvalue weighted by molar-refractivity contribution is -0.137. The summed E-state index contributed by atoms with van der Waals surface area (Å²) in [6.45, 7) is 6.19. The number of nitrogens with one attached hydrogen (secondary N) is 1. The number of alkyl halides is 3. The van der Waals surface area contributed by atoms with Gasteiger partial charge >= 0.3 is 6.18 Å². The predicted molar refractivity (Wildman–Crippen MR) is 83.5 cm³/mol. The first-order valence-corrected chi connectivity index (χ1v) is 8.09. The van der Waals surface area contributed by atoms with E-state index in [4.69, 9.17) is 0 Å². The molecule has 0 saturated carbocycles. The largest absolute Gasteiger partial charge is 0.416 e. The predicted octanol–water partition coefficient (Wildman–Crippen LogP) is 3.65. The lowest BCUT2D eigenvalue weighted by Crippen LogP contribution is -2.31. The standard InChI is InChI=1S/C17H23F3N2O/c1-3-22(4-2)16(23)14-9-13(12-5-7-21-8-6-12)10-15(11-14)17(18,19)20/h9-12,21H,3-8H2,1-2H3. The molecule has 1 aliphatic rings. The van der Waals surface area contributed by atoms with E-state index in [0.29, 0.717) is 18.7 Å². The molecule has 1 aliphatic heterocycles. The Bertz CT molecular complexity index is 547. The smallest absolute Gasteiger partial charge is 0.339 e. The lowest BCUT2D eigenvalue weighted by atomic mass is 9.88. The summed E-state index contributed by atoms with van der Waals surface area (Å²) in [6.07, 6.45) is -2.86. The van der Waals surface area contributed by atoms with Crippen molar-refractivity contribution in [2.24, 2.45) is 0 Å². The molecule has 128 valence electrons. The fourth-order valence-corrected chi connectivity index (χ4v) is 3.02. The summed E-state index contributed by atoms with van der Waals surface area (Å²) in [5.41, 5.74) is 0.0259. The normalized spacial score (nSPS) is 16.4. The zero-order valence-corrected chi connectivity index (χ0v) is 13.5. The number of hydrogen-bond donors (Lipinski definition) is 1. The van der Waals surface area contributed by atoms with Gasteiger partial charge in [-0.05, 0) is 69.5 Å². The third-order valence-electron chi connectivity index (χ3n) is 4.39. The van der Waals surface area contributed by atoms with E-state index in [1.54, 1.807) is 11.0 Å². The van der Waals surface area contributed by atoms with Gasteiger partial charge in [0.2, 0.25) is 0 Å². The Labute approximate surface area is 134 Å². The van der Waals surface area contributed by atoms with Gasteiger partial charge in [0.15, 0.2) is 0 Å². The fourth-order valence-electron chi connectivity index (χ4n) is 3.02. The zero-order valence-electron chi connectivity index (χ0n) is 13.5. The third kappa shape index (κ3) is 4.25. The molecule has 1 amide bonds. The van der Waals surface area contributed by atoms with Crippen LogP contribution >= 0.6 is 0 Å². The molecule has 0 aliphatic carbocycles. The highest BCUT2D eigenvalue weighted by Gasteiger charge is 2.33. The first-order valence-electron chi connectivity index (χ1n) is 8.09. The second-order valence-electron chi connectivity index (χ2n) is 5.84. The number of carbonyl (C=O) groups excluding carboxylic acids is 1. The molecule has 0 aromatic heterocycles. The van der Waals surface area contributed by atoms with Gasteiger partial charge in [-0.1, -0.05) is 0 Å². The van der Waals surface area contributed by atoms with Crippen LogP contribution < -0.4 is 5.32 Å². The van der Waals surface area contributed by atoms with Gasteiger partial charge in [0, 0.05) is 18.7 Å². The molecule has 0 spiro atoms. The van der Waals surface area contributed by atoms with Crippen LogP contribution in [0.25, 0.3) is 0 Å². The maximum atomic E-state index is 13.2. The van der Waals surface area contributed by atoms with Crippen molar-refractivity contribution in [3.05, 3.63) is 34.9 Å². The Morgan fingerprint density at radius 3 is 2.30 bits per heavy atom. The van der Waals surface area contributed by atoms with Crippen molar-refractivity contribution in [1.82, 2.24) is 10.2 Å². The van der Waals surface area contributed by atoms with E-state index in [-0.39, 0.29) is 17.4 Å². The highest BCUT2D eigenvalue weighted by molar-refractivity contribution is 5.94. The maximum absolute atomic E-state index is 13.2. The van der Waals surface area contributed by atoms with E-state index in [1.165, 1.54) is 6.07 Å². The SMILES string of the molecule is CCN(CC)C(=O)c1cc(C2CCNCC2)cc(C(F)(F)F)c1. The minimum atomic E-state index is -4.44. The molecule has 0 unspecified atom stereocenters. The Hall–Kier alpha value is -1.56. The first-order chi connectivity index (χ1) is 10.9. The van der Waals surface area contributed by atoms with Crippen molar-refractivity contribution in [3.63, 3.8) is 0 Å². The van der Waals surface area contributed by atoms with Crippen LogP contribution in [0.5, 0.6) is 0 Å². The number of nitrogens with zero attached hydrogens (tertiary/aromatic N) is 1. The van der Waals surface area contributed by atoms with Gasteiger partial charge < -0.3 is 10.2 Å². The third-order valence-corrected chi connectivity index (χ3v) is 4.39. The van der Waals surface area contributed by atoms with Crippen molar-refractivity contribution >= 4 is 5.91 Å². The van der Waals surface area contributed by atoms with Gasteiger partial charge in [-0.15, -0.1) is 0 Å². The van der Waals surface area contributed by atoms with E-state index in [9.17, 15) is 18.0 Å². The Balaban J connectivity index is 2.42. The van der Waals surface area contributed by atoms with E-state index in [0.717, 1.165) is 32.0 Å². The molecule has 1 N–H and O–H groups in total. The number of piperidine rings is 1. The highest BCUT2D eigenvalue weighted by Crippen LogP contribution is 2.34. The molecule has 1 fully saturated rings. The Kier molecular flexibility index (Phi) is 5.68. The number of carbonyl (C=O) groups is 1. The number of rotatable bonds is 4. The van der Waals surface area contributed by atoms with Crippen LogP contribution in [0.4, 0.5) is 13.2 Å². The summed E-state index contributed by atoms with van der Waals surface area (Å²) < 4.78 is 39.6. The molecule has 0 bridgehead atoms. The average Bonchev–Trinajstić information content (AvgIpc) is 2.55. The topological polar surface area (TPSA) is 32.3 Å². The summed E-state index contributed by atoms with van der Waals surface area (Å²) in [5.74, 6) is -0.266. The minimum absolute atomic E-state index is 0.0711. The van der Waals surface area contributed by atoms with Crippen molar-refractivity contribution in [2.45, 2.75) is 38.8 Å². The van der Waals surface area contributed by atoms with Gasteiger partial charge in [-0.2, -0.15) is 13.2 Å². The number of hydrogen-bond acceptors (Lipinski definition) is 2. The van der Waals surface area contributed by atoms with Crippen LogP contribution in [0.3, 0.4) is 0 Å². The quantitative estimate of drug-likeness (QED) is 0.915. The molecule has 1 aromatic carbocycles. The van der Waals surface area contributed by atoms with Gasteiger partial charge in [0.1, 0.15) is 0 Å². The second-order valence-corrected chi connectivity index (χ2v) is 5.84. The van der Waals surface area contributed by atoms with Gasteiger partial charge in [0.05, 0.1) is 5.56 Å². The Morgan fingerprint density at radius 2 is 1.78 bits per heavy atom. The van der Waals surface area contributed by atoms with Crippen molar-refractivity contribution < 1.29 is 18.0 Å². The monoisotopic (exact) mass is 328 g/mol. The molecule has 6 heteroatoms. The fraction of sp³-hybridized carbons (Fsp3) is 0.588. The summed E-state index contributed by atoms with van der Waals surface area (Å²) in [4.78, 5) is 14.0. The van der Waals surface area contributed by atoms with E-state index >= 15 is 0 Å². The van der Waals surface area contributed by atoms with Crippen LogP contribution in [0.1, 0.15) is 54.1 Å². The molecular weight excluding hydrogens is 305 g/mol. The first kappa shape index (κ1) is 17.8. The molecule has 1 saturated heterocycles. The number of halogens is 3. The van der Waals surface area contributed by atoms with E-state index in [1.807, 2.05) is 13.8 Å². The van der Waals surface area contributed by atoms with E-state index < -0.39 is 11.7 Å². The van der Waals surface area contributed by atoms with Crippen LogP contribution in [-0.2, 0) is 6.18 Å². The highest BCUT2D eigenvalue weighted by atomic mass is 19.4. The molecule has 1 aromatic rings. The molecule has 3 nitrogen and oxygen atoms in total. The van der Waals surface area contributed by atoms with Crippen molar-refractivity contribution in [2.75, 3.05) is 26.2 Å². The molecule has 0 radical (unpaired) electrons. The lowest BCUT2D eigenvalue weighted by Gasteiger charge is -2.25. The van der Waals surface area contributed by atoms with Crippen molar-refractivity contribution in [3.8, 4) is 0 Å². The second kappa shape index (κ2) is 7.34.